The van der Waals surface area contributed by atoms with E-state index < -0.39 is 17.6 Å². The summed E-state index contributed by atoms with van der Waals surface area (Å²) in [5.41, 5.74) is -0.00973. The lowest BCUT2D eigenvalue weighted by Crippen LogP contribution is -2.52. The van der Waals surface area contributed by atoms with Gasteiger partial charge in [0.05, 0.1) is 0 Å². The first-order valence-electron chi connectivity index (χ1n) is 10.7. The number of carbonyl (C=O) groups is 1. The lowest BCUT2D eigenvalue weighted by molar-refractivity contribution is -0.117. The molecule has 0 spiro atoms. The molecule has 0 aliphatic carbocycles. The Labute approximate surface area is 174 Å². The van der Waals surface area contributed by atoms with Crippen LogP contribution in [0.4, 0.5) is 0 Å². The maximum absolute atomic E-state index is 11.7. The van der Waals surface area contributed by atoms with Crippen molar-refractivity contribution in [2.45, 2.75) is 79.3 Å². The topological polar surface area (TPSA) is 72.5 Å². The van der Waals surface area contributed by atoms with Crippen LogP contribution in [0.3, 0.4) is 0 Å². The van der Waals surface area contributed by atoms with Crippen molar-refractivity contribution in [2.24, 2.45) is 0 Å². The average Bonchev–Trinajstić information content (AvgIpc) is 2.62. The monoisotopic (exact) mass is 438 g/mol. The van der Waals surface area contributed by atoms with Crippen LogP contribution < -0.4 is 0 Å². The van der Waals surface area contributed by atoms with Crippen molar-refractivity contribution in [3.05, 3.63) is 0 Å². The molecule has 0 radical (unpaired) electrons. The summed E-state index contributed by atoms with van der Waals surface area (Å²) < 4.78 is 36.4. The smallest absolute Gasteiger partial charge is 0.374 e. The Morgan fingerprint density at radius 1 is 0.679 bits per heavy atom. The zero-order valence-corrected chi connectivity index (χ0v) is 21.0. The Hall–Kier alpha value is -0.136. The van der Waals surface area contributed by atoms with Gasteiger partial charge in [-0.15, -0.1) is 0 Å². The van der Waals surface area contributed by atoms with Crippen LogP contribution in [-0.2, 0) is 31.4 Å². The van der Waals surface area contributed by atoms with Gasteiger partial charge >= 0.3 is 17.6 Å². The fourth-order valence-corrected chi connectivity index (χ4v) is 9.46. The maximum atomic E-state index is 11.7. The maximum Gasteiger partial charge on any atom is 0.504 e. The first-order chi connectivity index (χ1) is 13.4. The highest BCUT2D eigenvalue weighted by atomic mass is 28.4. The van der Waals surface area contributed by atoms with Gasteiger partial charge in [-0.25, -0.2) is 0 Å². The van der Waals surface area contributed by atoms with Gasteiger partial charge in [0.2, 0.25) is 0 Å². The Kier molecular flexibility index (Phi) is 15.6. The third-order valence-corrected chi connectivity index (χ3v) is 11.0. The highest BCUT2D eigenvalue weighted by Gasteiger charge is 2.51. The number of carbonyl (C=O) groups excluding carboxylic acids is 1. The number of hydrogen-bond acceptors (Lipinski definition) is 7. The molecule has 0 aromatic heterocycles. The minimum atomic E-state index is -2.96. The van der Waals surface area contributed by atoms with Crippen LogP contribution in [0, 0.1) is 0 Å². The van der Waals surface area contributed by atoms with Gasteiger partial charge in [-0.3, -0.25) is 0 Å². The minimum Gasteiger partial charge on any atom is -0.374 e. The predicted molar refractivity (Wildman–Crippen MR) is 114 cm³/mol. The van der Waals surface area contributed by atoms with E-state index in [0.717, 1.165) is 0 Å². The molecule has 0 heterocycles. The first-order valence-corrected chi connectivity index (χ1v) is 14.4. The van der Waals surface area contributed by atoms with E-state index in [1.54, 1.807) is 6.92 Å². The van der Waals surface area contributed by atoms with Gasteiger partial charge in [-0.05, 0) is 61.3 Å². The van der Waals surface area contributed by atoms with Crippen LogP contribution in [0.5, 0.6) is 0 Å². The number of Topliss-reactive ketones (excluding diaryl/α,β-unsaturated/α-hetero) is 1. The van der Waals surface area contributed by atoms with Gasteiger partial charge in [0.15, 0.2) is 0 Å². The van der Waals surface area contributed by atoms with E-state index in [4.69, 9.17) is 26.6 Å². The van der Waals surface area contributed by atoms with Crippen molar-refractivity contribution in [1.29, 1.82) is 0 Å². The Morgan fingerprint density at radius 2 is 1.07 bits per heavy atom. The minimum absolute atomic E-state index is 0.00973. The largest absolute Gasteiger partial charge is 0.504 e. The summed E-state index contributed by atoms with van der Waals surface area (Å²) in [4.78, 5) is 11.7. The summed E-state index contributed by atoms with van der Waals surface area (Å²) in [5, 5.41) is 0. The Morgan fingerprint density at radius 3 is 1.39 bits per heavy atom. The third-order valence-electron chi connectivity index (χ3n) is 4.27. The highest BCUT2D eigenvalue weighted by molar-refractivity contribution is 6.63. The van der Waals surface area contributed by atoms with Crippen molar-refractivity contribution in [1.82, 2.24) is 0 Å². The zero-order valence-electron chi connectivity index (χ0n) is 19.0. The number of ketones is 1. The molecule has 0 fully saturated rings. The fourth-order valence-electron chi connectivity index (χ4n) is 3.31. The predicted octanol–water partition coefficient (Wildman–Crippen LogP) is 4.21. The molecule has 1 unspecified atom stereocenters. The van der Waals surface area contributed by atoms with Crippen molar-refractivity contribution in [2.75, 3.05) is 39.6 Å². The molecule has 0 amide bonds. The van der Waals surface area contributed by atoms with Crippen LogP contribution in [0.25, 0.3) is 0 Å². The van der Waals surface area contributed by atoms with Gasteiger partial charge < -0.3 is 31.4 Å². The average molecular weight is 439 g/mol. The number of rotatable bonds is 19. The molecule has 0 bridgehead atoms. The van der Waals surface area contributed by atoms with E-state index in [1.165, 1.54) is 0 Å². The molecular weight excluding hydrogens is 396 g/mol. The van der Waals surface area contributed by atoms with Gasteiger partial charge in [-0.2, -0.15) is 0 Å². The van der Waals surface area contributed by atoms with Crippen LogP contribution >= 0.6 is 0 Å². The molecule has 28 heavy (non-hydrogen) atoms. The molecule has 0 rings (SSSR count). The van der Waals surface area contributed by atoms with E-state index in [0.29, 0.717) is 64.9 Å². The third kappa shape index (κ3) is 9.58. The molecule has 0 aromatic carbocycles. The molecule has 1 atom stereocenters. The second kappa shape index (κ2) is 15.7. The second-order valence-electron chi connectivity index (χ2n) is 6.36. The summed E-state index contributed by atoms with van der Waals surface area (Å²) in [6.07, 6.45) is 1.85. The standard InChI is InChI=1S/C19H42O7Si2/c1-8-21-27(22-9-2,23-10-3)17-16-19(15-14-18(7)20)28(24-11-4,25-12-5)26-13-6/h19H,8-17H2,1-7H3. The van der Waals surface area contributed by atoms with E-state index in [9.17, 15) is 4.79 Å². The van der Waals surface area contributed by atoms with Crippen molar-refractivity contribution in [3.63, 3.8) is 0 Å². The summed E-state index contributed by atoms with van der Waals surface area (Å²) in [5.74, 6) is 0.153. The molecule has 0 aromatic rings. The molecule has 7 nitrogen and oxygen atoms in total. The van der Waals surface area contributed by atoms with Crippen LogP contribution in [0.1, 0.15) is 67.7 Å². The molecule has 0 N–H and O–H groups in total. The molecule has 0 saturated heterocycles. The van der Waals surface area contributed by atoms with E-state index in [2.05, 4.69) is 0 Å². The van der Waals surface area contributed by atoms with Crippen molar-refractivity contribution < 1.29 is 31.4 Å². The van der Waals surface area contributed by atoms with E-state index >= 15 is 0 Å². The molecule has 0 saturated carbocycles. The van der Waals surface area contributed by atoms with Gasteiger partial charge in [0.25, 0.3) is 0 Å². The Balaban J connectivity index is 5.66. The van der Waals surface area contributed by atoms with Crippen molar-refractivity contribution >= 4 is 23.4 Å². The molecule has 0 aliphatic rings. The fraction of sp³-hybridized carbons (Fsp3) is 0.947. The normalized spacial score (nSPS) is 13.7. The molecule has 168 valence electrons. The lowest BCUT2D eigenvalue weighted by Gasteiger charge is -2.37. The van der Waals surface area contributed by atoms with Crippen LogP contribution in [0.15, 0.2) is 0 Å². The Bertz CT molecular complexity index is 376. The molecule has 9 heteroatoms. The lowest BCUT2D eigenvalue weighted by atomic mass is 10.1. The number of hydrogen-bond donors (Lipinski definition) is 0. The zero-order chi connectivity index (χ0) is 21.5. The van der Waals surface area contributed by atoms with Gasteiger partial charge in [0, 0.05) is 57.6 Å². The second-order valence-corrected chi connectivity index (χ2v) is 12.0. The van der Waals surface area contributed by atoms with Crippen LogP contribution in [-0.4, -0.2) is 63.0 Å². The summed E-state index contributed by atoms with van der Waals surface area (Å²) in [6, 6.07) is 0.646. The summed E-state index contributed by atoms with van der Waals surface area (Å²) in [7, 11) is -5.75. The molecular formula is C19H42O7Si2. The molecule has 0 aliphatic heterocycles. The highest BCUT2D eigenvalue weighted by Crippen LogP contribution is 2.37. The van der Waals surface area contributed by atoms with Gasteiger partial charge in [0.1, 0.15) is 5.78 Å². The SMILES string of the molecule is CCO[Si](CCC(CCC(C)=O)[Si](OCC)(OCC)OCC)(OCC)OCC. The van der Waals surface area contributed by atoms with Crippen molar-refractivity contribution in [3.8, 4) is 0 Å². The van der Waals surface area contributed by atoms with Gasteiger partial charge in [-0.1, -0.05) is 0 Å². The summed E-state index contributed by atoms with van der Waals surface area (Å²) in [6.45, 7) is 16.4. The van der Waals surface area contributed by atoms with Crippen LogP contribution in [0.2, 0.25) is 11.6 Å². The first kappa shape index (κ1) is 27.9. The quantitative estimate of drug-likeness (QED) is 0.280. The van der Waals surface area contributed by atoms with E-state index in [-0.39, 0.29) is 11.3 Å². The van der Waals surface area contributed by atoms with E-state index in [1.807, 2.05) is 41.5 Å². The summed E-state index contributed by atoms with van der Waals surface area (Å²) >= 11 is 0.